The number of carbonyl (C=O) groups is 2. The van der Waals surface area contributed by atoms with Gasteiger partial charge in [-0.2, -0.15) is 0 Å². The Morgan fingerprint density at radius 1 is 1.26 bits per heavy atom. The van der Waals surface area contributed by atoms with Crippen LogP contribution in [0, 0.1) is 25.2 Å². The maximum atomic E-state index is 12.8. The number of hydrogen-bond acceptors (Lipinski definition) is 3. The maximum Gasteiger partial charge on any atom is 0.253 e. The van der Waals surface area contributed by atoms with E-state index in [0.29, 0.717) is 13.1 Å². The van der Waals surface area contributed by atoms with Crippen molar-refractivity contribution in [3.63, 3.8) is 0 Å². The van der Waals surface area contributed by atoms with Crippen LogP contribution in [0.5, 0.6) is 0 Å². The van der Waals surface area contributed by atoms with Gasteiger partial charge in [-0.3, -0.25) is 14.6 Å². The normalized spacial score (nSPS) is 23.5. The van der Waals surface area contributed by atoms with E-state index in [9.17, 15) is 9.59 Å². The molecule has 1 spiro atoms. The number of likely N-dealkylation sites (tertiary alicyclic amines) is 1. The fourth-order valence-electron chi connectivity index (χ4n) is 4.11. The van der Waals surface area contributed by atoms with Crippen LogP contribution in [0.1, 0.15) is 39.9 Å². The predicted octanol–water partition coefficient (Wildman–Crippen LogP) is 2.87. The third-order valence-electron chi connectivity index (χ3n) is 6.12. The van der Waals surface area contributed by atoms with E-state index in [4.69, 9.17) is 0 Å². The van der Waals surface area contributed by atoms with E-state index < -0.39 is 0 Å². The lowest BCUT2D eigenvalue weighted by Crippen LogP contribution is -2.31. The van der Waals surface area contributed by atoms with Gasteiger partial charge >= 0.3 is 0 Å². The molecule has 4 rings (SSSR count). The Labute approximate surface area is 159 Å². The minimum atomic E-state index is -0.0194. The molecule has 0 bridgehead atoms. The smallest absolute Gasteiger partial charge is 0.253 e. The Kier molecular flexibility index (Phi) is 4.46. The van der Waals surface area contributed by atoms with Crippen LogP contribution in [0.4, 0.5) is 0 Å². The molecule has 140 valence electrons. The minimum Gasteiger partial charge on any atom is -0.352 e. The third-order valence-corrected chi connectivity index (χ3v) is 6.12. The number of hydrogen-bond donors (Lipinski definition) is 1. The number of amides is 2. The first-order valence-electron chi connectivity index (χ1n) is 9.52. The highest BCUT2D eigenvalue weighted by Crippen LogP contribution is 2.58. The van der Waals surface area contributed by atoms with Crippen LogP contribution in [0.2, 0.25) is 0 Å². The van der Waals surface area contributed by atoms with Gasteiger partial charge < -0.3 is 10.2 Å². The maximum absolute atomic E-state index is 12.8. The van der Waals surface area contributed by atoms with Crippen molar-refractivity contribution in [2.75, 3.05) is 13.1 Å². The lowest BCUT2D eigenvalue weighted by molar-refractivity contribution is -0.123. The van der Waals surface area contributed by atoms with Crippen molar-refractivity contribution in [1.82, 2.24) is 15.2 Å². The largest absolute Gasteiger partial charge is 0.352 e. The molecule has 1 N–H and O–H groups in total. The minimum absolute atomic E-state index is 0.0194. The monoisotopic (exact) mass is 363 g/mol. The number of aryl methyl sites for hydroxylation is 2. The highest BCUT2D eigenvalue weighted by Gasteiger charge is 2.61. The quantitative estimate of drug-likeness (QED) is 0.909. The van der Waals surface area contributed by atoms with Crippen LogP contribution in [0.3, 0.4) is 0 Å². The van der Waals surface area contributed by atoms with Crippen LogP contribution in [-0.2, 0) is 11.3 Å². The summed E-state index contributed by atoms with van der Waals surface area (Å²) in [6, 6.07) is 9.69. The molecule has 1 saturated heterocycles. The molecule has 2 fully saturated rings. The van der Waals surface area contributed by atoms with Gasteiger partial charge in [-0.15, -0.1) is 0 Å². The van der Waals surface area contributed by atoms with Crippen molar-refractivity contribution in [1.29, 1.82) is 0 Å². The van der Waals surface area contributed by atoms with Gasteiger partial charge in [-0.05, 0) is 61.6 Å². The molecule has 1 aromatic carbocycles. The Bertz CT molecular complexity index is 880. The molecule has 2 amide bonds. The van der Waals surface area contributed by atoms with Gasteiger partial charge in [-0.25, -0.2) is 0 Å². The molecule has 2 unspecified atom stereocenters. The zero-order valence-electron chi connectivity index (χ0n) is 15.9. The number of benzene rings is 1. The molecule has 2 atom stereocenters. The van der Waals surface area contributed by atoms with Crippen molar-refractivity contribution in [2.24, 2.45) is 11.3 Å². The summed E-state index contributed by atoms with van der Waals surface area (Å²) in [7, 11) is 0. The first-order valence-corrected chi connectivity index (χ1v) is 9.52. The lowest BCUT2D eigenvalue weighted by atomic mass is 10.0. The van der Waals surface area contributed by atoms with E-state index in [1.54, 1.807) is 12.4 Å². The van der Waals surface area contributed by atoms with E-state index in [1.165, 1.54) is 5.56 Å². The molecule has 1 saturated carbocycles. The topological polar surface area (TPSA) is 62.3 Å². The molecular formula is C22H25N3O2. The Morgan fingerprint density at radius 3 is 2.85 bits per heavy atom. The fourth-order valence-corrected chi connectivity index (χ4v) is 4.11. The molecule has 5 heteroatoms. The molecule has 0 radical (unpaired) electrons. The average molecular weight is 363 g/mol. The number of nitrogens with one attached hydrogen (secondary N) is 1. The van der Waals surface area contributed by atoms with Gasteiger partial charge in [0.15, 0.2) is 0 Å². The molecule has 2 heterocycles. The molecule has 1 aliphatic heterocycles. The first kappa shape index (κ1) is 17.7. The number of rotatable bonds is 4. The second-order valence-electron chi connectivity index (χ2n) is 7.97. The van der Waals surface area contributed by atoms with Crippen LogP contribution in [0.15, 0.2) is 42.7 Å². The van der Waals surface area contributed by atoms with Crippen LogP contribution < -0.4 is 5.32 Å². The first-order chi connectivity index (χ1) is 13.0. The lowest BCUT2D eigenvalue weighted by Gasteiger charge is -2.17. The highest BCUT2D eigenvalue weighted by atomic mass is 16.2. The summed E-state index contributed by atoms with van der Waals surface area (Å²) in [4.78, 5) is 31.3. The zero-order valence-corrected chi connectivity index (χ0v) is 15.9. The molecule has 2 aromatic rings. The van der Waals surface area contributed by atoms with Gasteiger partial charge in [0, 0.05) is 48.9 Å². The summed E-state index contributed by atoms with van der Waals surface area (Å²) in [5, 5.41) is 3.02. The van der Waals surface area contributed by atoms with Crippen molar-refractivity contribution in [3.8, 4) is 0 Å². The average Bonchev–Trinajstić information content (AvgIpc) is 3.22. The fraction of sp³-hybridized carbons (Fsp3) is 0.409. The second-order valence-corrected chi connectivity index (χ2v) is 7.97. The SMILES string of the molecule is Cc1ccc(C(=O)N2CCC3(CC3C(=O)NCc3cccnc3)C2)cc1C. The van der Waals surface area contributed by atoms with Gasteiger partial charge in [0.05, 0.1) is 0 Å². The summed E-state index contributed by atoms with van der Waals surface area (Å²) >= 11 is 0. The highest BCUT2D eigenvalue weighted by molar-refractivity contribution is 5.95. The van der Waals surface area contributed by atoms with Crippen molar-refractivity contribution < 1.29 is 9.59 Å². The number of pyridine rings is 1. The Balaban J connectivity index is 1.35. The van der Waals surface area contributed by atoms with Crippen LogP contribution in [0.25, 0.3) is 0 Å². The van der Waals surface area contributed by atoms with Crippen LogP contribution >= 0.6 is 0 Å². The van der Waals surface area contributed by atoms with E-state index >= 15 is 0 Å². The van der Waals surface area contributed by atoms with Gasteiger partial charge in [0.1, 0.15) is 0 Å². The summed E-state index contributed by atoms with van der Waals surface area (Å²) in [6.07, 6.45) is 5.28. The molecule has 1 aliphatic carbocycles. The number of carbonyl (C=O) groups excluding carboxylic acids is 2. The summed E-state index contributed by atoms with van der Waals surface area (Å²) in [5.41, 5.74) is 4.05. The molecular weight excluding hydrogens is 338 g/mol. The Morgan fingerprint density at radius 2 is 2.11 bits per heavy atom. The van der Waals surface area contributed by atoms with Gasteiger partial charge in [-0.1, -0.05) is 12.1 Å². The molecule has 27 heavy (non-hydrogen) atoms. The van der Waals surface area contributed by atoms with Crippen molar-refractivity contribution >= 4 is 11.8 Å². The van der Waals surface area contributed by atoms with Gasteiger partial charge in [0.2, 0.25) is 5.91 Å². The van der Waals surface area contributed by atoms with E-state index in [0.717, 1.165) is 36.1 Å². The molecule has 2 aliphatic rings. The number of aromatic nitrogens is 1. The standard InChI is InChI=1S/C22H25N3O2/c1-15-5-6-18(10-16(15)2)21(27)25-9-7-22(14-25)11-19(22)20(26)24-13-17-4-3-8-23-12-17/h3-6,8,10,12,19H,7,9,11,13-14H2,1-2H3,(H,24,26). The third kappa shape index (κ3) is 3.46. The second kappa shape index (κ2) is 6.80. The zero-order chi connectivity index (χ0) is 19.0. The summed E-state index contributed by atoms with van der Waals surface area (Å²) in [6.45, 7) is 6.00. The molecule has 1 aromatic heterocycles. The summed E-state index contributed by atoms with van der Waals surface area (Å²) < 4.78 is 0. The summed E-state index contributed by atoms with van der Waals surface area (Å²) in [5.74, 6) is 0.197. The Hall–Kier alpha value is -2.69. The van der Waals surface area contributed by atoms with Gasteiger partial charge in [0.25, 0.3) is 5.91 Å². The van der Waals surface area contributed by atoms with Crippen molar-refractivity contribution in [3.05, 3.63) is 65.0 Å². The molecule has 5 nitrogen and oxygen atoms in total. The predicted molar refractivity (Wildman–Crippen MR) is 103 cm³/mol. The van der Waals surface area contributed by atoms with Crippen LogP contribution in [-0.4, -0.2) is 34.8 Å². The van der Waals surface area contributed by atoms with Crippen molar-refractivity contribution in [2.45, 2.75) is 33.2 Å². The van der Waals surface area contributed by atoms with E-state index in [-0.39, 0.29) is 23.1 Å². The van der Waals surface area contributed by atoms with E-state index in [1.807, 2.05) is 49.1 Å². The number of nitrogens with zero attached hydrogens (tertiary/aromatic N) is 2. The van der Waals surface area contributed by atoms with E-state index in [2.05, 4.69) is 10.3 Å².